The molecule has 3 nitrogen and oxygen atoms in total. The highest BCUT2D eigenvalue weighted by molar-refractivity contribution is 7.07. The molecule has 6 rings (SSSR count). The molecule has 34 heavy (non-hydrogen) atoms. The Hall–Kier alpha value is -3.50. The SMILES string of the molecule is CC(C)c1ccc(/C=c2/sc3n(c2=O)[C@@H](c2ccccc2)C2=C(N=3)c3ccccc3CC2)cc1. The highest BCUT2D eigenvalue weighted by Gasteiger charge is 2.32. The summed E-state index contributed by atoms with van der Waals surface area (Å²) in [6.45, 7) is 4.38. The first-order valence-corrected chi connectivity index (χ1v) is 12.7. The van der Waals surface area contributed by atoms with Crippen molar-refractivity contribution in [1.82, 2.24) is 4.57 Å². The maximum absolute atomic E-state index is 13.8. The lowest BCUT2D eigenvalue weighted by atomic mass is 9.83. The molecule has 2 aliphatic rings. The van der Waals surface area contributed by atoms with Crippen molar-refractivity contribution >= 4 is 23.1 Å². The molecule has 1 aliphatic carbocycles. The van der Waals surface area contributed by atoms with Crippen molar-refractivity contribution in [3.8, 4) is 0 Å². The van der Waals surface area contributed by atoms with Crippen LogP contribution in [0.2, 0.25) is 0 Å². The molecular weight excluding hydrogens is 436 g/mol. The van der Waals surface area contributed by atoms with Gasteiger partial charge in [-0.05, 0) is 52.7 Å². The van der Waals surface area contributed by atoms with Crippen LogP contribution < -0.4 is 14.9 Å². The number of hydrogen-bond donors (Lipinski definition) is 0. The van der Waals surface area contributed by atoms with Crippen LogP contribution >= 0.6 is 11.3 Å². The largest absolute Gasteiger partial charge is 0.272 e. The van der Waals surface area contributed by atoms with Gasteiger partial charge in [0, 0.05) is 5.56 Å². The lowest BCUT2D eigenvalue weighted by Crippen LogP contribution is -2.38. The average Bonchev–Trinajstić information content (AvgIpc) is 3.18. The fourth-order valence-electron chi connectivity index (χ4n) is 5.09. The Bertz CT molecular complexity index is 1590. The minimum Gasteiger partial charge on any atom is -0.272 e. The second-order valence-electron chi connectivity index (χ2n) is 9.35. The summed E-state index contributed by atoms with van der Waals surface area (Å²) >= 11 is 1.49. The van der Waals surface area contributed by atoms with Crippen molar-refractivity contribution in [3.05, 3.63) is 132 Å². The van der Waals surface area contributed by atoms with Crippen LogP contribution in [-0.4, -0.2) is 4.57 Å². The van der Waals surface area contributed by atoms with E-state index in [1.807, 2.05) is 16.7 Å². The van der Waals surface area contributed by atoms with E-state index in [1.54, 1.807) is 0 Å². The van der Waals surface area contributed by atoms with Crippen LogP contribution in [0.3, 0.4) is 0 Å². The summed E-state index contributed by atoms with van der Waals surface area (Å²) in [7, 11) is 0. The molecule has 0 fully saturated rings. The quantitative estimate of drug-likeness (QED) is 0.399. The number of hydrogen-bond acceptors (Lipinski definition) is 3. The molecule has 0 N–H and O–H groups in total. The standard InChI is InChI=1S/C30H26N2OS/c1-19(2)21-14-12-20(13-15-21)18-26-29(33)32-28(23-9-4-3-5-10-23)25-17-16-22-8-6-7-11-24(22)27(25)31-30(32)34-26/h3-15,18-19,28H,16-17H2,1-2H3/b26-18+/t28-/m0/s1. The lowest BCUT2D eigenvalue weighted by molar-refractivity contribution is 0.585. The zero-order valence-corrected chi connectivity index (χ0v) is 20.2. The molecule has 1 aromatic heterocycles. The summed E-state index contributed by atoms with van der Waals surface area (Å²) in [5.74, 6) is 0.486. The molecule has 4 aromatic rings. The Labute approximate surface area is 203 Å². The predicted molar refractivity (Wildman–Crippen MR) is 140 cm³/mol. The molecular formula is C30H26N2OS. The maximum atomic E-state index is 13.8. The van der Waals surface area contributed by atoms with Crippen LogP contribution in [0.15, 0.2) is 94.2 Å². The second-order valence-corrected chi connectivity index (χ2v) is 10.4. The average molecular weight is 463 g/mol. The normalized spacial score (nSPS) is 17.3. The molecule has 0 amide bonds. The van der Waals surface area contributed by atoms with Crippen LogP contribution in [0, 0.1) is 0 Å². The third kappa shape index (κ3) is 3.50. The molecule has 0 unspecified atom stereocenters. The zero-order valence-electron chi connectivity index (χ0n) is 19.4. The number of benzene rings is 3. The van der Waals surface area contributed by atoms with E-state index in [-0.39, 0.29) is 11.6 Å². The van der Waals surface area contributed by atoms with E-state index in [1.165, 1.54) is 33.6 Å². The Morgan fingerprint density at radius 3 is 2.44 bits per heavy atom. The van der Waals surface area contributed by atoms with Gasteiger partial charge >= 0.3 is 0 Å². The number of nitrogens with zero attached hydrogens (tertiary/aromatic N) is 2. The van der Waals surface area contributed by atoms with Gasteiger partial charge in [-0.15, -0.1) is 0 Å². The zero-order chi connectivity index (χ0) is 23.2. The van der Waals surface area contributed by atoms with Gasteiger partial charge in [-0.3, -0.25) is 9.36 Å². The fourth-order valence-corrected chi connectivity index (χ4v) is 6.09. The van der Waals surface area contributed by atoms with Crippen molar-refractivity contribution < 1.29 is 0 Å². The van der Waals surface area contributed by atoms with Crippen LogP contribution in [0.5, 0.6) is 0 Å². The van der Waals surface area contributed by atoms with Gasteiger partial charge in [0.15, 0.2) is 4.80 Å². The summed E-state index contributed by atoms with van der Waals surface area (Å²) in [5.41, 5.74) is 8.34. The van der Waals surface area contributed by atoms with Crippen LogP contribution in [0.25, 0.3) is 11.8 Å². The Morgan fingerprint density at radius 2 is 1.68 bits per heavy atom. The minimum absolute atomic E-state index is 0.0379. The summed E-state index contributed by atoms with van der Waals surface area (Å²) in [4.78, 5) is 19.6. The summed E-state index contributed by atoms with van der Waals surface area (Å²) in [6.07, 6.45) is 3.89. The van der Waals surface area contributed by atoms with Crippen molar-refractivity contribution in [2.24, 2.45) is 4.99 Å². The van der Waals surface area contributed by atoms with Gasteiger partial charge < -0.3 is 0 Å². The number of fused-ring (bicyclic) bond motifs is 3. The van der Waals surface area contributed by atoms with Crippen LogP contribution in [0.4, 0.5) is 0 Å². The first-order chi connectivity index (χ1) is 16.6. The third-order valence-corrected chi connectivity index (χ3v) is 7.87. The third-order valence-electron chi connectivity index (χ3n) is 6.89. The maximum Gasteiger partial charge on any atom is 0.271 e. The molecule has 0 bridgehead atoms. The van der Waals surface area contributed by atoms with Crippen molar-refractivity contribution in [1.29, 1.82) is 0 Å². The van der Waals surface area contributed by atoms with E-state index in [9.17, 15) is 4.79 Å². The number of aromatic nitrogens is 1. The molecule has 0 radical (unpaired) electrons. The van der Waals surface area contributed by atoms with E-state index < -0.39 is 0 Å². The highest BCUT2D eigenvalue weighted by Crippen LogP contribution is 2.41. The fraction of sp³-hybridized carbons (Fsp3) is 0.200. The van der Waals surface area contributed by atoms with Gasteiger partial charge in [-0.1, -0.05) is 104 Å². The Kier molecular flexibility index (Phi) is 5.19. The molecule has 2 heterocycles. The summed E-state index contributed by atoms with van der Waals surface area (Å²) < 4.78 is 2.64. The number of thiazole rings is 1. The predicted octanol–water partition coefficient (Wildman–Crippen LogP) is 5.44. The van der Waals surface area contributed by atoms with Gasteiger partial charge in [0.2, 0.25) is 0 Å². The molecule has 0 spiro atoms. The van der Waals surface area contributed by atoms with Crippen molar-refractivity contribution in [2.45, 2.75) is 38.6 Å². The molecule has 3 aromatic carbocycles. The topological polar surface area (TPSA) is 34.4 Å². The number of rotatable bonds is 3. The summed E-state index contributed by atoms with van der Waals surface area (Å²) in [6, 6.07) is 27.3. The molecule has 0 saturated heterocycles. The summed E-state index contributed by atoms with van der Waals surface area (Å²) in [5, 5.41) is 0. The van der Waals surface area contributed by atoms with E-state index in [4.69, 9.17) is 4.99 Å². The van der Waals surface area contributed by atoms with E-state index in [0.717, 1.165) is 39.0 Å². The molecule has 4 heteroatoms. The Morgan fingerprint density at radius 1 is 0.941 bits per heavy atom. The minimum atomic E-state index is -0.119. The lowest BCUT2D eigenvalue weighted by Gasteiger charge is -2.30. The van der Waals surface area contributed by atoms with E-state index in [0.29, 0.717) is 5.92 Å². The first-order valence-electron chi connectivity index (χ1n) is 11.9. The van der Waals surface area contributed by atoms with Gasteiger partial charge in [-0.25, -0.2) is 4.99 Å². The highest BCUT2D eigenvalue weighted by atomic mass is 32.1. The molecule has 168 valence electrons. The Balaban J connectivity index is 1.57. The van der Waals surface area contributed by atoms with Crippen LogP contribution in [-0.2, 0) is 6.42 Å². The van der Waals surface area contributed by atoms with Gasteiger partial charge in [0.1, 0.15) is 0 Å². The van der Waals surface area contributed by atoms with Gasteiger partial charge in [0.25, 0.3) is 5.56 Å². The van der Waals surface area contributed by atoms with Gasteiger partial charge in [0.05, 0.1) is 16.3 Å². The van der Waals surface area contributed by atoms with Crippen LogP contribution in [0.1, 0.15) is 60.0 Å². The van der Waals surface area contributed by atoms with Crippen molar-refractivity contribution in [2.75, 3.05) is 0 Å². The van der Waals surface area contributed by atoms with Crippen molar-refractivity contribution in [3.63, 3.8) is 0 Å². The monoisotopic (exact) mass is 462 g/mol. The molecule has 1 aliphatic heterocycles. The van der Waals surface area contributed by atoms with E-state index in [2.05, 4.69) is 86.6 Å². The molecule has 0 saturated carbocycles. The smallest absolute Gasteiger partial charge is 0.271 e. The van der Waals surface area contributed by atoms with E-state index >= 15 is 0 Å². The first kappa shape index (κ1) is 21.1. The second kappa shape index (κ2) is 8.37. The number of aryl methyl sites for hydroxylation is 1. The number of allylic oxidation sites excluding steroid dienone is 1. The van der Waals surface area contributed by atoms with Gasteiger partial charge in [-0.2, -0.15) is 0 Å². The molecule has 1 atom stereocenters.